The molecule has 0 aliphatic rings. The third-order valence-corrected chi connectivity index (χ3v) is 4.66. The summed E-state index contributed by atoms with van der Waals surface area (Å²) in [5.74, 6) is 0. The van der Waals surface area contributed by atoms with Gasteiger partial charge in [0.1, 0.15) is 0 Å². The minimum atomic E-state index is 0.233. The van der Waals surface area contributed by atoms with E-state index in [1.165, 1.54) is 10.4 Å². The molecule has 0 bridgehead atoms. The van der Waals surface area contributed by atoms with Crippen LogP contribution in [-0.4, -0.2) is 16.8 Å². The Morgan fingerprint density at radius 3 is 2.71 bits per heavy atom. The molecule has 0 aliphatic carbocycles. The Kier molecular flexibility index (Phi) is 4.39. The molecule has 0 radical (unpaired) electrons. The molecule has 1 atom stereocenters. The average Bonchev–Trinajstić information content (AvgIpc) is 3.15. The van der Waals surface area contributed by atoms with E-state index in [1.807, 2.05) is 54.3 Å². The smallest absolute Gasteiger partial charge is 0.0931 e. The second-order valence-electron chi connectivity index (χ2n) is 4.80. The van der Waals surface area contributed by atoms with Crippen LogP contribution in [0.1, 0.15) is 16.5 Å². The van der Waals surface area contributed by atoms with Gasteiger partial charge in [0.2, 0.25) is 0 Å². The summed E-state index contributed by atoms with van der Waals surface area (Å²) in [5.41, 5.74) is 2.24. The van der Waals surface area contributed by atoms with Crippen LogP contribution in [0, 0.1) is 0 Å². The predicted octanol–water partition coefficient (Wildman–Crippen LogP) is 4.09. The first-order valence-corrected chi connectivity index (χ1v) is 7.97. The normalized spacial score (nSPS) is 12.5. The molecule has 0 amide bonds. The maximum absolute atomic E-state index is 6.00. The number of aromatic nitrogens is 2. The minimum absolute atomic E-state index is 0.233. The fraction of sp³-hybridized carbons (Fsp3) is 0.188. The number of likely N-dealkylation sites (N-methyl/N-ethyl adjacent to an activating group) is 1. The Morgan fingerprint density at radius 1 is 1.24 bits per heavy atom. The fourth-order valence-electron chi connectivity index (χ4n) is 2.29. The maximum Gasteiger partial charge on any atom is 0.0931 e. The first-order chi connectivity index (χ1) is 10.3. The molecule has 0 fully saturated rings. The van der Waals surface area contributed by atoms with E-state index < -0.39 is 0 Å². The summed E-state index contributed by atoms with van der Waals surface area (Å²) < 4.78 is 2.74. The molecule has 3 nitrogen and oxygen atoms in total. The summed E-state index contributed by atoms with van der Waals surface area (Å²) in [4.78, 5) is 1.27. The van der Waals surface area contributed by atoms with Crippen LogP contribution in [0.2, 0.25) is 4.34 Å². The number of hydrogen-bond acceptors (Lipinski definition) is 3. The Hall–Kier alpha value is -1.62. The standard InChI is InChI=1S/C16H16ClN3S/c1-18-15(9-14-7-8-16(17)21-14)12-10-19-20(11-12)13-5-3-2-4-6-13/h2-8,10-11,15,18H,9H2,1H3. The Labute approximate surface area is 133 Å². The highest BCUT2D eigenvalue weighted by molar-refractivity contribution is 7.16. The molecule has 1 unspecified atom stereocenters. The van der Waals surface area contributed by atoms with Gasteiger partial charge in [-0.15, -0.1) is 11.3 Å². The average molecular weight is 318 g/mol. The van der Waals surface area contributed by atoms with E-state index in [1.54, 1.807) is 11.3 Å². The Bertz CT molecular complexity index is 705. The first kappa shape index (κ1) is 14.3. The molecule has 3 aromatic rings. The molecular formula is C16H16ClN3S. The van der Waals surface area contributed by atoms with E-state index in [0.717, 1.165) is 16.4 Å². The van der Waals surface area contributed by atoms with Gasteiger partial charge >= 0.3 is 0 Å². The SMILES string of the molecule is CNC(Cc1ccc(Cl)s1)c1cnn(-c2ccccc2)c1. The van der Waals surface area contributed by atoms with Crippen LogP contribution in [0.5, 0.6) is 0 Å². The van der Waals surface area contributed by atoms with Crippen LogP contribution in [-0.2, 0) is 6.42 Å². The van der Waals surface area contributed by atoms with Gasteiger partial charge in [0.25, 0.3) is 0 Å². The van der Waals surface area contributed by atoms with E-state index >= 15 is 0 Å². The second kappa shape index (κ2) is 6.43. The number of halogens is 1. The quantitative estimate of drug-likeness (QED) is 0.768. The molecule has 5 heteroatoms. The fourth-order valence-corrected chi connectivity index (χ4v) is 3.42. The molecule has 0 saturated carbocycles. The summed E-state index contributed by atoms with van der Waals surface area (Å²) >= 11 is 7.63. The largest absolute Gasteiger partial charge is 0.313 e. The summed E-state index contributed by atoms with van der Waals surface area (Å²) in [5, 5.41) is 7.81. The molecular weight excluding hydrogens is 302 g/mol. The van der Waals surface area contributed by atoms with Crippen molar-refractivity contribution in [2.75, 3.05) is 7.05 Å². The highest BCUT2D eigenvalue weighted by atomic mass is 35.5. The monoisotopic (exact) mass is 317 g/mol. The first-order valence-electron chi connectivity index (χ1n) is 6.78. The van der Waals surface area contributed by atoms with Gasteiger partial charge in [0.05, 0.1) is 16.2 Å². The lowest BCUT2D eigenvalue weighted by atomic mass is 10.1. The summed E-state index contributed by atoms with van der Waals surface area (Å²) in [6.07, 6.45) is 4.91. The Morgan fingerprint density at radius 2 is 2.05 bits per heavy atom. The van der Waals surface area contributed by atoms with Gasteiger partial charge in [-0.1, -0.05) is 29.8 Å². The molecule has 0 spiro atoms. The number of nitrogens with zero attached hydrogens (tertiary/aromatic N) is 2. The summed E-state index contributed by atoms with van der Waals surface area (Å²) in [6, 6.07) is 14.4. The molecule has 2 aromatic heterocycles. The molecule has 21 heavy (non-hydrogen) atoms. The molecule has 108 valence electrons. The third kappa shape index (κ3) is 3.35. The molecule has 0 saturated heterocycles. The van der Waals surface area contributed by atoms with Gasteiger partial charge in [-0.25, -0.2) is 4.68 Å². The maximum atomic E-state index is 6.00. The highest BCUT2D eigenvalue weighted by Gasteiger charge is 2.14. The van der Waals surface area contributed by atoms with Crippen molar-refractivity contribution in [1.29, 1.82) is 0 Å². The lowest BCUT2D eigenvalue weighted by Gasteiger charge is -2.13. The summed E-state index contributed by atoms with van der Waals surface area (Å²) in [6.45, 7) is 0. The van der Waals surface area contributed by atoms with Crippen LogP contribution < -0.4 is 5.32 Å². The van der Waals surface area contributed by atoms with Gasteiger partial charge < -0.3 is 5.32 Å². The number of para-hydroxylation sites is 1. The van der Waals surface area contributed by atoms with E-state index in [9.17, 15) is 0 Å². The van der Waals surface area contributed by atoms with E-state index in [4.69, 9.17) is 11.6 Å². The molecule has 3 rings (SSSR count). The van der Waals surface area contributed by atoms with Crippen LogP contribution >= 0.6 is 22.9 Å². The van der Waals surface area contributed by atoms with Crippen LogP contribution in [0.4, 0.5) is 0 Å². The zero-order chi connectivity index (χ0) is 14.7. The number of rotatable bonds is 5. The number of hydrogen-bond donors (Lipinski definition) is 1. The zero-order valence-electron chi connectivity index (χ0n) is 11.7. The van der Waals surface area contributed by atoms with Crippen molar-refractivity contribution in [3.8, 4) is 5.69 Å². The van der Waals surface area contributed by atoms with Crippen molar-refractivity contribution < 1.29 is 0 Å². The van der Waals surface area contributed by atoms with E-state index in [2.05, 4.69) is 22.7 Å². The summed E-state index contributed by atoms with van der Waals surface area (Å²) in [7, 11) is 1.97. The zero-order valence-corrected chi connectivity index (χ0v) is 13.2. The van der Waals surface area contributed by atoms with Gasteiger partial charge in [0, 0.05) is 29.1 Å². The number of thiophene rings is 1. The molecule has 0 aliphatic heterocycles. The van der Waals surface area contributed by atoms with E-state index in [-0.39, 0.29) is 6.04 Å². The molecule has 1 aromatic carbocycles. The van der Waals surface area contributed by atoms with Gasteiger partial charge in [-0.05, 0) is 31.3 Å². The Balaban J connectivity index is 1.80. The van der Waals surface area contributed by atoms with Crippen molar-refractivity contribution >= 4 is 22.9 Å². The highest BCUT2D eigenvalue weighted by Crippen LogP contribution is 2.26. The number of nitrogens with one attached hydrogen (secondary N) is 1. The van der Waals surface area contributed by atoms with Gasteiger partial charge in [-0.2, -0.15) is 5.10 Å². The van der Waals surface area contributed by atoms with Gasteiger partial charge in [-0.3, -0.25) is 0 Å². The van der Waals surface area contributed by atoms with Crippen molar-refractivity contribution in [1.82, 2.24) is 15.1 Å². The number of benzene rings is 1. The molecule has 2 heterocycles. The van der Waals surface area contributed by atoms with Crippen molar-refractivity contribution in [3.05, 3.63) is 69.6 Å². The van der Waals surface area contributed by atoms with Crippen LogP contribution in [0.15, 0.2) is 54.9 Å². The minimum Gasteiger partial charge on any atom is -0.313 e. The van der Waals surface area contributed by atoms with Crippen LogP contribution in [0.3, 0.4) is 0 Å². The van der Waals surface area contributed by atoms with Crippen LogP contribution in [0.25, 0.3) is 5.69 Å². The lowest BCUT2D eigenvalue weighted by Crippen LogP contribution is -2.17. The lowest BCUT2D eigenvalue weighted by molar-refractivity contribution is 0.596. The van der Waals surface area contributed by atoms with Crippen molar-refractivity contribution in [2.45, 2.75) is 12.5 Å². The van der Waals surface area contributed by atoms with E-state index in [0.29, 0.717) is 0 Å². The van der Waals surface area contributed by atoms with Crippen molar-refractivity contribution in [2.24, 2.45) is 0 Å². The third-order valence-electron chi connectivity index (χ3n) is 3.41. The van der Waals surface area contributed by atoms with Gasteiger partial charge in [0.15, 0.2) is 0 Å². The molecule has 1 N–H and O–H groups in total. The topological polar surface area (TPSA) is 29.9 Å². The predicted molar refractivity (Wildman–Crippen MR) is 88.4 cm³/mol. The van der Waals surface area contributed by atoms with Crippen molar-refractivity contribution in [3.63, 3.8) is 0 Å². The second-order valence-corrected chi connectivity index (χ2v) is 6.60.